The van der Waals surface area contributed by atoms with E-state index in [4.69, 9.17) is 0 Å². The molecule has 0 aliphatic carbocycles. The highest BCUT2D eigenvalue weighted by Gasteiger charge is 2.20. The second-order valence-corrected chi connectivity index (χ2v) is 7.38. The van der Waals surface area contributed by atoms with Gasteiger partial charge < -0.3 is 10.2 Å². The smallest absolute Gasteiger partial charge is 0.175 e. The monoisotopic (exact) mass is 352 g/mol. The van der Waals surface area contributed by atoms with Crippen LogP contribution in [-0.4, -0.2) is 21.8 Å². The van der Waals surface area contributed by atoms with E-state index in [1.54, 1.807) is 0 Å². The molecule has 0 saturated carbocycles. The lowest BCUT2D eigenvalue weighted by Crippen LogP contribution is -2.32. The molecular weight excluding hydrogens is 316 g/mol. The predicted molar refractivity (Wildman–Crippen MR) is 107 cm³/mol. The van der Waals surface area contributed by atoms with Gasteiger partial charge in [0.05, 0.1) is 0 Å². The highest BCUT2D eigenvalue weighted by atomic mass is 32.1. The maximum Gasteiger partial charge on any atom is 0.175 e. The van der Waals surface area contributed by atoms with Crippen molar-refractivity contribution in [1.82, 2.24) is 0 Å². The molecule has 1 rings (SSSR count). The fourth-order valence-corrected chi connectivity index (χ4v) is 3.13. The van der Waals surface area contributed by atoms with Crippen LogP contribution in [0.2, 0.25) is 0 Å². The van der Waals surface area contributed by atoms with E-state index in [1.807, 2.05) is 12.1 Å². The van der Waals surface area contributed by atoms with Crippen LogP contribution < -0.4 is 0 Å². The second-order valence-electron chi connectivity index (χ2n) is 7.07. The minimum absolute atomic E-state index is 0.0490. The Morgan fingerprint density at radius 1 is 0.750 bits per heavy atom. The summed E-state index contributed by atoms with van der Waals surface area (Å²) in [5.41, 5.74) is 2.28. The van der Waals surface area contributed by atoms with Crippen LogP contribution >= 0.6 is 12.6 Å². The van der Waals surface area contributed by atoms with Crippen molar-refractivity contribution in [3.05, 3.63) is 35.4 Å². The summed E-state index contributed by atoms with van der Waals surface area (Å²) in [5.74, 6) is -1.66. The minimum atomic E-state index is -1.71. The van der Waals surface area contributed by atoms with Gasteiger partial charge in [0.2, 0.25) is 0 Å². The van der Waals surface area contributed by atoms with Gasteiger partial charge in [-0.1, -0.05) is 89.0 Å². The zero-order valence-corrected chi connectivity index (χ0v) is 16.2. The van der Waals surface area contributed by atoms with Gasteiger partial charge in [0.15, 0.2) is 5.79 Å². The Labute approximate surface area is 154 Å². The fourth-order valence-electron chi connectivity index (χ4n) is 3.02. The average molecular weight is 353 g/mol. The van der Waals surface area contributed by atoms with Crippen LogP contribution in [0.25, 0.3) is 0 Å². The third-order valence-electron chi connectivity index (χ3n) is 4.58. The van der Waals surface area contributed by atoms with Crippen molar-refractivity contribution < 1.29 is 10.2 Å². The van der Waals surface area contributed by atoms with Gasteiger partial charge in [-0.3, -0.25) is 0 Å². The van der Waals surface area contributed by atoms with E-state index in [0.717, 1.165) is 12.0 Å². The zero-order valence-electron chi connectivity index (χ0n) is 15.3. The Morgan fingerprint density at radius 3 is 1.71 bits per heavy atom. The van der Waals surface area contributed by atoms with Gasteiger partial charge in [0, 0.05) is 12.2 Å². The lowest BCUT2D eigenvalue weighted by atomic mass is 10.0. The summed E-state index contributed by atoms with van der Waals surface area (Å²) in [6.07, 6.45) is 15.0. The number of thiol groups is 1. The average Bonchev–Trinajstić information content (AvgIpc) is 2.58. The summed E-state index contributed by atoms with van der Waals surface area (Å²) in [5, 5.41) is 19.3. The molecule has 0 bridgehead atoms. The lowest BCUT2D eigenvalue weighted by Gasteiger charge is -2.19. The summed E-state index contributed by atoms with van der Waals surface area (Å²) in [6.45, 7) is 2.27. The molecule has 0 radical (unpaired) electrons. The molecule has 0 atom stereocenters. The lowest BCUT2D eigenvalue weighted by molar-refractivity contribution is -0.138. The normalized spacial score (nSPS) is 11.8. The van der Waals surface area contributed by atoms with E-state index in [0.29, 0.717) is 0 Å². The van der Waals surface area contributed by atoms with Crippen molar-refractivity contribution in [2.24, 2.45) is 0 Å². The van der Waals surface area contributed by atoms with Crippen molar-refractivity contribution in [3.8, 4) is 0 Å². The van der Waals surface area contributed by atoms with Crippen LogP contribution in [0.5, 0.6) is 0 Å². The largest absolute Gasteiger partial charge is 0.365 e. The molecule has 1 aromatic carbocycles. The molecule has 0 saturated heterocycles. The third kappa shape index (κ3) is 10.4. The van der Waals surface area contributed by atoms with Gasteiger partial charge in [-0.25, -0.2) is 0 Å². The zero-order chi connectivity index (χ0) is 17.7. The number of unbranched alkanes of at least 4 members (excludes halogenated alkanes) is 9. The number of hydrogen-bond donors (Lipinski definition) is 3. The first-order valence-corrected chi connectivity index (χ1v) is 10.3. The standard InChI is InChI=1S/C21H36O2S/c1-2-3-4-5-6-7-8-9-10-11-12-19-13-15-20(16-14-19)17-21(22,23)18-24/h13-16,22-24H,2-12,17-18H2,1H3. The SMILES string of the molecule is CCCCCCCCCCCCc1ccc(CC(O)(O)CS)cc1. The quantitative estimate of drug-likeness (QED) is 0.241. The van der Waals surface area contributed by atoms with Crippen LogP contribution in [-0.2, 0) is 12.8 Å². The molecule has 24 heavy (non-hydrogen) atoms. The number of rotatable bonds is 14. The van der Waals surface area contributed by atoms with Crippen LogP contribution in [0.15, 0.2) is 24.3 Å². The summed E-state index contributed by atoms with van der Waals surface area (Å²) in [4.78, 5) is 0. The van der Waals surface area contributed by atoms with Gasteiger partial charge in [-0.15, -0.1) is 0 Å². The maximum absolute atomic E-state index is 9.63. The second kappa shape index (κ2) is 12.8. The highest BCUT2D eigenvalue weighted by molar-refractivity contribution is 7.80. The topological polar surface area (TPSA) is 40.5 Å². The van der Waals surface area contributed by atoms with Crippen molar-refractivity contribution in [1.29, 1.82) is 0 Å². The molecular formula is C21H36O2S. The molecule has 2 nitrogen and oxygen atoms in total. The molecule has 3 heteroatoms. The highest BCUT2D eigenvalue weighted by Crippen LogP contribution is 2.16. The first-order valence-electron chi connectivity index (χ1n) is 9.71. The summed E-state index contributed by atoms with van der Waals surface area (Å²) < 4.78 is 0. The van der Waals surface area contributed by atoms with E-state index in [1.165, 1.54) is 69.8 Å². The molecule has 138 valence electrons. The number of aliphatic hydroxyl groups is 2. The van der Waals surface area contributed by atoms with Crippen LogP contribution in [0.3, 0.4) is 0 Å². The Hall–Kier alpha value is -0.510. The van der Waals surface area contributed by atoms with Crippen molar-refractivity contribution in [2.45, 2.75) is 89.8 Å². The van der Waals surface area contributed by atoms with Crippen molar-refractivity contribution in [2.75, 3.05) is 5.75 Å². The van der Waals surface area contributed by atoms with Gasteiger partial charge in [0.25, 0.3) is 0 Å². The third-order valence-corrected chi connectivity index (χ3v) is 5.09. The van der Waals surface area contributed by atoms with E-state index in [9.17, 15) is 10.2 Å². The van der Waals surface area contributed by atoms with E-state index < -0.39 is 5.79 Å². The van der Waals surface area contributed by atoms with Gasteiger partial charge in [0.1, 0.15) is 0 Å². The van der Waals surface area contributed by atoms with Crippen LogP contribution in [0.4, 0.5) is 0 Å². The van der Waals surface area contributed by atoms with E-state index in [-0.39, 0.29) is 12.2 Å². The van der Waals surface area contributed by atoms with E-state index >= 15 is 0 Å². The predicted octanol–water partition coefficient (Wildman–Crippen LogP) is 5.30. The molecule has 0 amide bonds. The van der Waals surface area contributed by atoms with Crippen molar-refractivity contribution >= 4 is 12.6 Å². The molecule has 1 aromatic rings. The minimum Gasteiger partial charge on any atom is -0.365 e. The summed E-state index contributed by atoms with van der Waals surface area (Å²) in [6, 6.07) is 8.21. The van der Waals surface area contributed by atoms with Crippen molar-refractivity contribution in [3.63, 3.8) is 0 Å². The molecule has 0 fully saturated rings. The molecule has 0 spiro atoms. The molecule has 0 heterocycles. The van der Waals surface area contributed by atoms with Gasteiger partial charge >= 0.3 is 0 Å². The maximum atomic E-state index is 9.63. The Morgan fingerprint density at radius 2 is 1.21 bits per heavy atom. The molecule has 0 aliphatic rings. The first-order chi connectivity index (χ1) is 11.6. The fraction of sp³-hybridized carbons (Fsp3) is 0.714. The Bertz CT molecular complexity index is 414. The molecule has 0 aromatic heterocycles. The molecule has 2 N–H and O–H groups in total. The summed E-state index contributed by atoms with van der Waals surface area (Å²) >= 11 is 3.95. The number of benzene rings is 1. The Balaban J connectivity index is 2.07. The van der Waals surface area contributed by atoms with Gasteiger partial charge in [-0.2, -0.15) is 12.6 Å². The van der Waals surface area contributed by atoms with E-state index in [2.05, 4.69) is 31.7 Å². The number of aryl methyl sites for hydroxylation is 1. The molecule has 0 unspecified atom stereocenters. The van der Waals surface area contributed by atoms with Gasteiger partial charge in [-0.05, 0) is 24.0 Å². The summed E-state index contributed by atoms with van der Waals surface area (Å²) in [7, 11) is 0. The van der Waals surface area contributed by atoms with Crippen LogP contribution in [0, 0.1) is 0 Å². The van der Waals surface area contributed by atoms with Crippen LogP contribution in [0.1, 0.15) is 82.3 Å². The first kappa shape index (κ1) is 21.5. The number of hydrogen-bond acceptors (Lipinski definition) is 3. The molecule has 0 aliphatic heterocycles. The Kier molecular flexibility index (Phi) is 11.5.